The van der Waals surface area contributed by atoms with Crippen molar-refractivity contribution < 1.29 is 28.6 Å². The fraction of sp³-hybridized carbons (Fsp3) is 0.897. The third kappa shape index (κ3) is 60.8. The van der Waals surface area contributed by atoms with E-state index in [0.717, 1.165) is 64.2 Å². The average molecular weight is 1040 g/mol. The summed E-state index contributed by atoms with van der Waals surface area (Å²) in [6, 6.07) is 0. The Kier molecular flexibility index (Phi) is 61.6. The van der Waals surface area contributed by atoms with Crippen molar-refractivity contribution in [2.45, 2.75) is 380 Å². The highest BCUT2D eigenvalue weighted by Crippen LogP contribution is 2.18. The normalized spacial score (nSPS) is 12.1. The summed E-state index contributed by atoms with van der Waals surface area (Å²) in [5, 5.41) is 0. The number of unbranched alkanes of at least 4 members (excludes halogenated alkanes) is 47. The first-order valence-electron chi connectivity index (χ1n) is 33.3. The highest BCUT2D eigenvalue weighted by molar-refractivity contribution is 5.71. The minimum atomic E-state index is -0.767. The molecule has 0 spiro atoms. The molecule has 74 heavy (non-hydrogen) atoms. The lowest BCUT2D eigenvalue weighted by Crippen LogP contribution is -2.30. The number of hydrogen-bond acceptors (Lipinski definition) is 6. The summed E-state index contributed by atoms with van der Waals surface area (Å²) in [7, 11) is 0. The molecule has 0 rings (SSSR count). The van der Waals surface area contributed by atoms with Crippen LogP contribution in [0.3, 0.4) is 0 Å². The lowest BCUT2D eigenvalue weighted by molar-refractivity contribution is -0.167. The van der Waals surface area contributed by atoms with Crippen LogP contribution in [0.2, 0.25) is 0 Å². The van der Waals surface area contributed by atoms with Crippen LogP contribution in [0.5, 0.6) is 0 Å². The first-order chi connectivity index (χ1) is 36.5. The van der Waals surface area contributed by atoms with Crippen LogP contribution in [0.4, 0.5) is 0 Å². The molecule has 1 atom stereocenters. The zero-order valence-electron chi connectivity index (χ0n) is 50.1. The molecule has 0 fully saturated rings. The van der Waals surface area contributed by atoms with E-state index in [2.05, 4.69) is 45.1 Å². The van der Waals surface area contributed by atoms with Crippen molar-refractivity contribution in [3.63, 3.8) is 0 Å². The monoisotopic (exact) mass is 1040 g/mol. The number of esters is 3. The van der Waals surface area contributed by atoms with Gasteiger partial charge in [-0.3, -0.25) is 14.4 Å². The van der Waals surface area contributed by atoms with Crippen molar-refractivity contribution in [1.82, 2.24) is 0 Å². The maximum absolute atomic E-state index is 12.9. The van der Waals surface area contributed by atoms with Crippen LogP contribution < -0.4 is 0 Å². The molecule has 0 aliphatic carbocycles. The van der Waals surface area contributed by atoms with E-state index in [9.17, 15) is 14.4 Å². The maximum Gasteiger partial charge on any atom is 0.306 e. The van der Waals surface area contributed by atoms with E-state index in [1.807, 2.05) is 0 Å². The van der Waals surface area contributed by atoms with Gasteiger partial charge in [-0.15, -0.1) is 0 Å². The van der Waals surface area contributed by atoms with Gasteiger partial charge in [0.25, 0.3) is 0 Å². The van der Waals surface area contributed by atoms with Gasteiger partial charge in [0.2, 0.25) is 0 Å². The van der Waals surface area contributed by atoms with Gasteiger partial charge in [0.15, 0.2) is 6.10 Å². The van der Waals surface area contributed by atoms with Crippen LogP contribution in [0.1, 0.15) is 374 Å². The summed E-state index contributed by atoms with van der Waals surface area (Å²) in [6.45, 7) is 6.70. The Hall–Kier alpha value is -2.11. The standard InChI is InChI=1S/C68H128O6/c1-4-7-10-13-16-19-22-25-27-29-31-33-34-36-37-39-41-43-46-49-52-55-58-61-67(70)73-64-65(63-72-66(69)60-57-54-51-48-45-24-21-18-15-12-9-6-3)74-68(71)62-59-56-53-50-47-44-42-40-38-35-32-30-28-26-23-20-17-14-11-8-5-2/h22,25,29,31,65H,4-21,23-24,26-28,30,32-64H2,1-3H3/b25-22-,31-29-. The summed E-state index contributed by atoms with van der Waals surface area (Å²) in [5.41, 5.74) is 0. The Morgan fingerprint density at radius 1 is 0.270 bits per heavy atom. The maximum atomic E-state index is 12.9. The van der Waals surface area contributed by atoms with Gasteiger partial charge in [-0.05, 0) is 51.4 Å². The summed E-state index contributed by atoms with van der Waals surface area (Å²) >= 11 is 0. The van der Waals surface area contributed by atoms with Gasteiger partial charge in [0, 0.05) is 19.3 Å². The predicted octanol–water partition coefficient (Wildman–Crippen LogP) is 22.6. The molecule has 0 N–H and O–H groups in total. The van der Waals surface area contributed by atoms with Gasteiger partial charge in [-0.2, -0.15) is 0 Å². The Balaban J connectivity index is 4.23. The van der Waals surface area contributed by atoms with Crippen LogP contribution in [0.15, 0.2) is 24.3 Å². The number of ether oxygens (including phenoxy) is 3. The van der Waals surface area contributed by atoms with E-state index >= 15 is 0 Å². The number of hydrogen-bond donors (Lipinski definition) is 0. The second-order valence-corrected chi connectivity index (χ2v) is 22.7. The van der Waals surface area contributed by atoms with Crippen LogP contribution in [-0.4, -0.2) is 37.2 Å². The third-order valence-electron chi connectivity index (χ3n) is 15.2. The van der Waals surface area contributed by atoms with Gasteiger partial charge in [0.1, 0.15) is 13.2 Å². The highest BCUT2D eigenvalue weighted by atomic mass is 16.6. The lowest BCUT2D eigenvalue weighted by atomic mass is 10.0. The molecule has 6 nitrogen and oxygen atoms in total. The third-order valence-corrected chi connectivity index (χ3v) is 15.2. The Bertz CT molecular complexity index is 1190. The lowest BCUT2D eigenvalue weighted by Gasteiger charge is -2.18. The Labute approximate surface area is 462 Å². The largest absolute Gasteiger partial charge is 0.462 e. The van der Waals surface area contributed by atoms with Crippen molar-refractivity contribution in [1.29, 1.82) is 0 Å². The first-order valence-corrected chi connectivity index (χ1v) is 33.3. The van der Waals surface area contributed by atoms with E-state index in [1.54, 1.807) is 0 Å². The quantitative estimate of drug-likeness (QED) is 0.0261. The molecule has 0 aromatic carbocycles. The van der Waals surface area contributed by atoms with Crippen LogP contribution in [0, 0.1) is 0 Å². The van der Waals surface area contributed by atoms with Crippen molar-refractivity contribution in [2.24, 2.45) is 0 Å². The summed E-state index contributed by atoms with van der Waals surface area (Å²) in [4.78, 5) is 38.3. The second kappa shape index (κ2) is 63.4. The molecule has 0 bridgehead atoms. The molecule has 0 saturated heterocycles. The molecule has 1 unspecified atom stereocenters. The molecule has 0 aromatic rings. The molecule has 0 aromatic heterocycles. The number of carbonyl (C=O) groups excluding carboxylic acids is 3. The second-order valence-electron chi connectivity index (χ2n) is 22.7. The van der Waals surface area contributed by atoms with Gasteiger partial charge in [-0.1, -0.05) is 328 Å². The van der Waals surface area contributed by atoms with E-state index in [4.69, 9.17) is 14.2 Å². The summed E-state index contributed by atoms with van der Waals surface area (Å²) < 4.78 is 17.0. The fourth-order valence-corrected chi connectivity index (χ4v) is 10.2. The molecule has 0 saturated carbocycles. The smallest absolute Gasteiger partial charge is 0.306 e. The van der Waals surface area contributed by atoms with Gasteiger partial charge in [-0.25, -0.2) is 0 Å². The number of allylic oxidation sites excluding steroid dienone is 4. The SMILES string of the molecule is CCCCCCC/C=C\C/C=C\CCCCCCCCCCCCCC(=O)OCC(COC(=O)CCCCCCCCCCCCCC)OC(=O)CCCCCCCCCCCCCCCCCCCCCCC. The van der Waals surface area contributed by atoms with Crippen LogP contribution in [-0.2, 0) is 28.6 Å². The molecule has 436 valence electrons. The zero-order valence-corrected chi connectivity index (χ0v) is 50.1. The minimum absolute atomic E-state index is 0.0653. The van der Waals surface area contributed by atoms with Gasteiger partial charge in [0.05, 0.1) is 0 Å². The molecule has 0 aliphatic rings. The van der Waals surface area contributed by atoms with Crippen LogP contribution in [0.25, 0.3) is 0 Å². The first kappa shape index (κ1) is 71.9. The zero-order chi connectivity index (χ0) is 53.6. The van der Waals surface area contributed by atoms with Crippen molar-refractivity contribution in [3.8, 4) is 0 Å². The molecule has 0 aliphatic heterocycles. The molecule has 0 amide bonds. The number of carbonyl (C=O) groups is 3. The fourth-order valence-electron chi connectivity index (χ4n) is 10.2. The van der Waals surface area contributed by atoms with Gasteiger partial charge < -0.3 is 14.2 Å². The summed E-state index contributed by atoms with van der Waals surface area (Å²) in [6.07, 6.45) is 76.2. The van der Waals surface area contributed by atoms with E-state index in [-0.39, 0.29) is 31.1 Å². The van der Waals surface area contributed by atoms with Crippen molar-refractivity contribution >= 4 is 17.9 Å². The number of rotatable bonds is 62. The Morgan fingerprint density at radius 2 is 0.486 bits per heavy atom. The van der Waals surface area contributed by atoms with E-state index in [0.29, 0.717) is 19.3 Å². The molecular weight excluding hydrogens is 913 g/mol. The van der Waals surface area contributed by atoms with Crippen LogP contribution >= 0.6 is 0 Å². The van der Waals surface area contributed by atoms with E-state index in [1.165, 1.54) is 270 Å². The molecular formula is C68H128O6. The highest BCUT2D eigenvalue weighted by Gasteiger charge is 2.19. The molecule has 0 heterocycles. The topological polar surface area (TPSA) is 78.9 Å². The molecule has 0 radical (unpaired) electrons. The summed E-state index contributed by atoms with van der Waals surface area (Å²) in [5.74, 6) is -0.838. The Morgan fingerprint density at radius 3 is 0.743 bits per heavy atom. The van der Waals surface area contributed by atoms with E-state index < -0.39 is 6.10 Å². The van der Waals surface area contributed by atoms with Gasteiger partial charge >= 0.3 is 17.9 Å². The average Bonchev–Trinajstić information content (AvgIpc) is 3.40. The van der Waals surface area contributed by atoms with Crippen molar-refractivity contribution in [2.75, 3.05) is 13.2 Å². The van der Waals surface area contributed by atoms with Crippen molar-refractivity contribution in [3.05, 3.63) is 24.3 Å². The minimum Gasteiger partial charge on any atom is -0.462 e. The molecule has 6 heteroatoms. The predicted molar refractivity (Wildman–Crippen MR) is 321 cm³/mol.